The largest absolute Gasteiger partial charge is 0.392 e. The molecule has 1 aliphatic heterocycles. The summed E-state index contributed by atoms with van der Waals surface area (Å²) >= 11 is 0. The molecule has 0 spiro atoms. The highest BCUT2D eigenvalue weighted by atomic mass is 16.3. The second-order valence-electron chi connectivity index (χ2n) is 4.01. The average molecular weight is 172 g/mol. The normalized spacial score (nSPS) is 28.2. The van der Waals surface area contributed by atoms with Crippen LogP contribution >= 0.6 is 0 Å². The summed E-state index contributed by atoms with van der Waals surface area (Å²) in [5.74, 6) is 0. The lowest BCUT2D eigenvalue weighted by atomic mass is 10.3. The van der Waals surface area contributed by atoms with E-state index in [1.165, 1.54) is 0 Å². The first kappa shape index (κ1) is 9.96. The SMILES string of the molecule is CC(CN1CCC(O)C1)N(C)C. The molecule has 1 saturated heterocycles. The third-order valence-corrected chi connectivity index (χ3v) is 2.65. The minimum atomic E-state index is -0.0839. The Morgan fingerprint density at radius 2 is 2.25 bits per heavy atom. The molecule has 0 amide bonds. The van der Waals surface area contributed by atoms with E-state index in [1.807, 2.05) is 0 Å². The van der Waals surface area contributed by atoms with Crippen molar-refractivity contribution in [3.05, 3.63) is 0 Å². The molecule has 1 fully saturated rings. The number of β-amino-alcohol motifs (C(OH)–C–C–N with tert-alkyl or cyclic N) is 1. The van der Waals surface area contributed by atoms with Crippen molar-refractivity contribution in [2.24, 2.45) is 0 Å². The van der Waals surface area contributed by atoms with Crippen molar-refractivity contribution < 1.29 is 5.11 Å². The van der Waals surface area contributed by atoms with Crippen molar-refractivity contribution in [1.29, 1.82) is 0 Å². The molecular formula is C9H20N2O. The second kappa shape index (κ2) is 4.21. The fourth-order valence-electron chi connectivity index (χ4n) is 1.52. The molecular weight excluding hydrogens is 152 g/mol. The van der Waals surface area contributed by atoms with Gasteiger partial charge in [0.2, 0.25) is 0 Å². The summed E-state index contributed by atoms with van der Waals surface area (Å²) in [5, 5.41) is 9.30. The standard InChI is InChI=1S/C9H20N2O/c1-8(10(2)3)6-11-5-4-9(12)7-11/h8-9,12H,4-7H2,1-3H3. The van der Waals surface area contributed by atoms with E-state index in [1.54, 1.807) is 0 Å². The fraction of sp³-hybridized carbons (Fsp3) is 1.00. The number of aliphatic hydroxyl groups excluding tert-OH is 1. The topological polar surface area (TPSA) is 26.7 Å². The molecule has 1 heterocycles. The Kier molecular flexibility index (Phi) is 3.50. The number of aliphatic hydroxyl groups is 1. The molecule has 2 unspecified atom stereocenters. The van der Waals surface area contributed by atoms with Gasteiger partial charge in [0.15, 0.2) is 0 Å². The molecule has 0 aromatic carbocycles. The zero-order valence-corrected chi connectivity index (χ0v) is 8.32. The Bertz CT molecular complexity index is 138. The van der Waals surface area contributed by atoms with Crippen LogP contribution in [0.25, 0.3) is 0 Å². The predicted molar refractivity (Wildman–Crippen MR) is 50.2 cm³/mol. The zero-order valence-electron chi connectivity index (χ0n) is 8.32. The summed E-state index contributed by atoms with van der Waals surface area (Å²) in [6, 6.07) is 0.579. The summed E-state index contributed by atoms with van der Waals surface area (Å²) in [6.45, 7) is 5.20. The minimum absolute atomic E-state index is 0.0839. The molecule has 3 heteroatoms. The lowest BCUT2D eigenvalue weighted by Crippen LogP contribution is -2.37. The van der Waals surface area contributed by atoms with Crippen LogP contribution in [-0.4, -0.2) is 60.8 Å². The highest BCUT2D eigenvalue weighted by Gasteiger charge is 2.21. The van der Waals surface area contributed by atoms with Crippen LogP contribution in [0.4, 0.5) is 0 Å². The van der Waals surface area contributed by atoms with Crippen molar-refractivity contribution in [2.45, 2.75) is 25.5 Å². The molecule has 0 saturated carbocycles. The Labute approximate surface area is 75.0 Å². The van der Waals surface area contributed by atoms with Gasteiger partial charge in [-0.3, -0.25) is 4.90 Å². The smallest absolute Gasteiger partial charge is 0.0679 e. The molecule has 3 nitrogen and oxygen atoms in total. The molecule has 2 atom stereocenters. The molecule has 12 heavy (non-hydrogen) atoms. The quantitative estimate of drug-likeness (QED) is 0.649. The van der Waals surface area contributed by atoms with Crippen LogP contribution in [0.3, 0.4) is 0 Å². The maximum absolute atomic E-state index is 9.30. The summed E-state index contributed by atoms with van der Waals surface area (Å²) in [4.78, 5) is 4.54. The lowest BCUT2D eigenvalue weighted by molar-refractivity contribution is 0.162. The Hall–Kier alpha value is -0.120. The predicted octanol–water partition coefficient (Wildman–Crippen LogP) is 0.00310. The van der Waals surface area contributed by atoms with Gasteiger partial charge in [-0.25, -0.2) is 0 Å². The second-order valence-corrected chi connectivity index (χ2v) is 4.01. The molecule has 0 aliphatic carbocycles. The molecule has 1 rings (SSSR count). The summed E-state index contributed by atoms with van der Waals surface area (Å²) in [6.07, 6.45) is 0.861. The van der Waals surface area contributed by atoms with Crippen LogP contribution in [0.1, 0.15) is 13.3 Å². The van der Waals surface area contributed by atoms with Crippen LogP contribution in [0.5, 0.6) is 0 Å². The Balaban J connectivity index is 2.23. The van der Waals surface area contributed by atoms with E-state index in [-0.39, 0.29) is 6.10 Å². The first-order valence-electron chi connectivity index (χ1n) is 4.66. The van der Waals surface area contributed by atoms with E-state index in [2.05, 4.69) is 30.8 Å². The third-order valence-electron chi connectivity index (χ3n) is 2.65. The van der Waals surface area contributed by atoms with Crippen LogP contribution in [-0.2, 0) is 0 Å². The van der Waals surface area contributed by atoms with Gasteiger partial charge in [0.25, 0.3) is 0 Å². The van der Waals surface area contributed by atoms with Crippen molar-refractivity contribution in [3.63, 3.8) is 0 Å². The molecule has 1 N–H and O–H groups in total. The first-order valence-corrected chi connectivity index (χ1v) is 4.66. The van der Waals surface area contributed by atoms with Gasteiger partial charge in [0.1, 0.15) is 0 Å². The summed E-state index contributed by atoms with van der Waals surface area (Å²) in [5.41, 5.74) is 0. The van der Waals surface area contributed by atoms with Gasteiger partial charge in [-0.15, -0.1) is 0 Å². The van der Waals surface area contributed by atoms with Crippen LogP contribution in [0, 0.1) is 0 Å². The molecule has 0 bridgehead atoms. The van der Waals surface area contributed by atoms with Gasteiger partial charge in [-0.1, -0.05) is 0 Å². The Morgan fingerprint density at radius 3 is 2.67 bits per heavy atom. The molecule has 0 aromatic rings. The maximum Gasteiger partial charge on any atom is 0.0679 e. The van der Waals surface area contributed by atoms with E-state index < -0.39 is 0 Å². The van der Waals surface area contributed by atoms with E-state index in [0.717, 1.165) is 26.1 Å². The molecule has 72 valence electrons. The van der Waals surface area contributed by atoms with E-state index in [9.17, 15) is 5.11 Å². The van der Waals surface area contributed by atoms with Crippen molar-refractivity contribution in [2.75, 3.05) is 33.7 Å². The molecule has 0 aromatic heterocycles. The highest BCUT2D eigenvalue weighted by Crippen LogP contribution is 2.09. The van der Waals surface area contributed by atoms with Gasteiger partial charge in [0, 0.05) is 25.7 Å². The van der Waals surface area contributed by atoms with Gasteiger partial charge in [0.05, 0.1) is 6.10 Å². The van der Waals surface area contributed by atoms with Crippen molar-refractivity contribution in [3.8, 4) is 0 Å². The number of hydrogen-bond donors (Lipinski definition) is 1. The third kappa shape index (κ3) is 2.73. The number of hydrogen-bond acceptors (Lipinski definition) is 3. The van der Waals surface area contributed by atoms with Crippen molar-refractivity contribution in [1.82, 2.24) is 9.80 Å². The minimum Gasteiger partial charge on any atom is -0.392 e. The lowest BCUT2D eigenvalue weighted by Gasteiger charge is -2.25. The van der Waals surface area contributed by atoms with Gasteiger partial charge in [-0.05, 0) is 27.4 Å². The van der Waals surface area contributed by atoms with Crippen LogP contribution in [0.2, 0.25) is 0 Å². The molecule has 1 aliphatic rings. The number of likely N-dealkylation sites (N-methyl/N-ethyl adjacent to an activating group) is 1. The van der Waals surface area contributed by atoms with Gasteiger partial charge < -0.3 is 10.0 Å². The highest BCUT2D eigenvalue weighted by molar-refractivity contribution is 4.77. The van der Waals surface area contributed by atoms with E-state index >= 15 is 0 Å². The number of rotatable bonds is 3. The molecule has 0 radical (unpaired) electrons. The van der Waals surface area contributed by atoms with Gasteiger partial charge in [-0.2, -0.15) is 0 Å². The van der Waals surface area contributed by atoms with Gasteiger partial charge >= 0.3 is 0 Å². The van der Waals surface area contributed by atoms with E-state index in [4.69, 9.17) is 0 Å². The number of nitrogens with zero attached hydrogens (tertiary/aromatic N) is 2. The average Bonchev–Trinajstić information content (AvgIpc) is 2.35. The van der Waals surface area contributed by atoms with Crippen molar-refractivity contribution >= 4 is 0 Å². The van der Waals surface area contributed by atoms with E-state index in [0.29, 0.717) is 6.04 Å². The Morgan fingerprint density at radius 1 is 1.58 bits per heavy atom. The maximum atomic E-state index is 9.30. The zero-order chi connectivity index (χ0) is 9.14. The monoisotopic (exact) mass is 172 g/mol. The number of likely N-dealkylation sites (tertiary alicyclic amines) is 1. The summed E-state index contributed by atoms with van der Waals surface area (Å²) in [7, 11) is 4.19. The van der Waals surface area contributed by atoms with Crippen LogP contribution in [0.15, 0.2) is 0 Å². The first-order chi connectivity index (χ1) is 5.59. The van der Waals surface area contributed by atoms with Crippen LogP contribution < -0.4 is 0 Å². The fourth-order valence-corrected chi connectivity index (χ4v) is 1.52. The summed E-state index contributed by atoms with van der Waals surface area (Å²) < 4.78 is 0.